The molecule has 2 aliphatic carbocycles. The number of ketones is 1. The average Bonchev–Trinajstić information content (AvgIpc) is 2.32. The molecule has 0 radical (unpaired) electrons. The highest BCUT2D eigenvalue weighted by molar-refractivity contribution is 8.09. The van der Waals surface area contributed by atoms with Crippen molar-refractivity contribution in [2.75, 3.05) is 12.0 Å². The zero-order valence-electron chi connectivity index (χ0n) is 10.0. The van der Waals surface area contributed by atoms with Gasteiger partial charge in [0.2, 0.25) is 0 Å². The van der Waals surface area contributed by atoms with E-state index >= 15 is 0 Å². The Kier molecular flexibility index (Phi) is 2.11. The van der Waals surface area contributed by atoms with E-state index in [0.717, 1.165) is 12.7 Å². The summed E-state index contributed by atoms with van der Waals surface area (Å²) in [7, 11) is -4.61. The molecular formula is C11H20O4S. The van der Waals surface area contributed by atoms with Gasteiger partial charge in [-0.3, -0.25) is 4.79 Å². The lowest BCUT2D eigenvalue weighted by Crippen LogP contribution is -2.49. The Balaban J connectivity index is 2.45. The first-order chi connectivity index (χ1) is 6.94. The Bertz CT molecular complexity index is 409. The van der Waals surface area contributed by atoms with E-state index in [0.29, 0.717) is 18.8 Å². The van der Waals surface area contributed by atoms with E-state index in [1.54, 1.807) is 0 Å². The maximum atomic E-state index is 12.0. The van der Waals surface area contributed by atoms with Gasteiger partial charge in [-0.1, -0.05) is 13.8 Å². The first-order valence-electron chi connectivity index (χ1n) is 5.60. The number of carbonyl (C=O) groups is 1. The standard InChI is InChI=1S/C11H20O4S/c1-10(2)8-4-5-11(10,9(12)6-8)7-16(3,13,14)15/h8H,4-7H2,1-3H3,(H2,13,14,15). The fourth-order valence-electron chi connectivity index (χ4n) is 3.68. The van der Waals surface area contributed by atoms with Crippen LogP contribution in [0.15, 0.2) is 0 Å². The number of Topliss-reactive ketones (excluding diaryl/α,β-unsaturated/α-hetero) is 1. The summed E-state index contributed by atoms with van der Waals surface area (Å²) in [5, 5.41) is 0. The molecule has 0 aromatic heterocycles. The topological polar surface area (TPSA) is 74.6 Å². The van der Waals surface area contributed by atoms with Crippen molar-refractivity contribution in [1.29, 1.82) is 0 Å². The molecule has 2 fully saturated rings. The summed E-state index contributed by atoms with van der Waals surface area (Å²) in [5.74, 6) is 0.0548. The van der Waals surface area contributed by atoms with Crippen molar-refractivity contribution < 1.29 is 18.1 Å². The fourth-order valence-corrected chi connectivity index (χ4v) is 5.49. The summed E-state index contributed by atoms with van der Waals surface area (Å²) in [5.41, 5.74) is -1.06. The lowest BCUT2D eigenvalue weighted by Gasteiger charge is -2.42. The molecule has 0 spiro atoms. The summed E-state index contributed by atoms with van der Waals surface area (Å²) in [6.07, 6.45) is 2.99. The quantitative estimate of drug-likeness (QED) is 0.781. The molecule has 0 amide bonds. The van der Waals surface area contributed by atoms with Gasteiger partial charge in [-0.25, -0.2) is 4.21 Å². The minimum atomic E-state index is -4.61. The highest BCUT2D eigenvalue weighted by Gasteiger charge is 2.66. The fraction of sp³-hybridized carbons (Fsp3) is 0.909. The number of carbonyl (C=O) groups excluding carboxylic acids is 1. The van der Waals surface area contributed by atoms with Crippen LogP contribution in [0.25, 0.3) is 0 Å². The second-order valence-electron chi connectivity index (χ2n) is 6.24. The van der Waals surface area contributed by atoms with Crippen LogP contribution in [0.3, 0.4) is 0 Å². The molecular weight excluding hydrogens is 228 g/mol. The summed E-state index contributed by atoms with van der Waals surface area (Å²) in [4.78, 5) is 12.0. The predicted octanol–water partition coefficient (Wildman–Crippen LogP) is 1.78. The van der Waals surface area contributed by atoms with E-state index in [2.05, 4.69) is 0 Å². The molecule has 2 saturated carbocycles. The number of hydrogen-bond donors (Lipinski definition) is 2. The Hall–Kier alpha value is -0.260. The largest absolute Gasteiger partial charge is 0.308 e. The van der Waals surface area contributed by atoms with Crippen LogP contribution in [0.4, 0.5) is 0 Å². The molecule has 5 heteroatoms. The second kappa shape index (κ2) is 2.76. The van der Waals surface area contributed by atoms with Crippen molar-refractivity contribution in [1.82, 2.24) is 0 Å². The molecule has 0 saturated heterocycles. The molecule has 0 aromatic carbocycles. The SMILES string of the molecule is CC1(C)C2CCC1(CS(C)(=O)(O)O)C(=O)C2. The smallest absolute Gasteiger partial charge is 0.140 e. The summed E-state index contributed by atoms with van der Waals surface area (Å²) < 4.78 is 30.8. The lowest BCUT2D eigenvalue weighted by atomic mass is 9.70. The van der Waals surface area contributed by atoms with E-state index < -0.39 is 15.0 Å². The third-order valence-electron chi connectivity index (χ3n) is 4.72. The van der Waals surface area contributed by atoms with Gasteiger partial charge >= 0.3 is 0 Å². The van der Waals surface area contributed by atoms with Crippen LogP contribution in [-0.2, 0) is 14.4 Å². The summed E-state index contributed by atoms with van der Waals surface area (Å²) in [6, 6.07) is 0. The molecule has 2 atom stereocenters. The van der Waals surface area contributed by atoms with Gasteiger partial charge in [0.15, 0.2) is 0 Å². The van der Waals surface area contributed by atoms with Crippen LogP contribution in [0.1, 0.15) is 33.1 Å². The Morgan fingerprint density at radius 2 is 2.00 bits per heavy atom. The van der Waals surface area contributed by atoms with Crippen LogP contribution in [0, 0.1) is 16.7 Å². The van der Waals surface area contributed by atoms with Crippen LogP contribution in [0.5, 0.6) is 0 Å². The van der Waals surface area contributed by atoms with Crippen LogP contribution in [0.2, 0.25) is 0 Å². The van der Waals surface area contributed by atoms with Crippen LogP contribution in [-0.4, -0.2) is 31.1 Å². The molecule has 2 bridgehead atoms. The first kappa shape index (κ1) is 12.2. The first-order valence-corrected chi connectivity index (χ1v) is 8.06. The van der Waals surface area contributed by atoms with E-state index in [1.807, 2.05) is 13.8 Å². The molecule has 2 unspecified atom stereocenters. The van der Waals surface area contributed by atoms with Crippen molar-refractivity contribution in [3.05, 3.63) is 0 Å². The van der Waals surface area contributed by atoms with E-state index in [9.17, 15) is 18.1 Å². The van der Waals surface area contributed by atoms with Gasteiger partial charge in [-0.2, -0.15) is 0 Å². The van der Waals surface area contributed by atoms with Gasteiger partial charge in [0.1, 0.15) is 5.78 Å². The number of rotatable bonds is 2. The molecule has 94 valence electrons. The third kappa shape index (κ3) is 1.57. The number of fused-ring (bicyclic) bond motifs is 2. The van der Waals surface area contributed by atoms with Crippen molar-refractivity contribution in [2.45, 2.75) is 33.1 Å². The molecule has 2 rings (SSSR count). The molecule has 0 aliphatic heterocycles. The zero-order valence-corrected chi connectivity index (χ0v) is 10.8. The Morgan fingerprint density at radius 1 is 1.44 bits per heavy atom. The van der Waals surface area contributed by atoms with Gasteiger partial charge in [0.05, 0.1) is 15.4 Å². The Labute approximate surface area is 95.9 Å². The molecule has 2 aliphatic rings. The predicted molar refractivity (Wildman–Crippen MR) is 62.8 cm³/mol. The maximum absolute atomic E-state index is 12.0. The van der Waals surface area contributed by atoms with E-state index in [1.165, 1.54) is 0 Å². The summed E-state index contributed by atoms with van der Waals surface area (Å²) >= 11 is 0. The minimum Gasteiger partial charge on any atom is -0.308 e. The number of hydrogen-bond acceptors (Lipinski definition) is 2. The van der Waals surface area contributed by atoms with Crippen molar-refractivity contribution in [2.24, 2.45) is 16.7 Å². The molecule has 4 nitrogen and oxygen atoms in total. The monoisotopic (exact) mass is 248 g/mol. The highest BCUT2D eigenvalue weighted by atomic mass is 32.3. The van der Waals surface area contributed by atoms with Crippen molar-refractivity contribution >= 4 is 15.4 Å². The van der Waals surface area contributed by atoms with E-state index in [4.69, 9.17) is 0 Å². The zero-order chi connectivity index (χ0) is 12.4. The van der Waals surface area contributed by atoms with E-state index in [-0.39, 0.29) is 17.0 Å². The van der Waals surface area contributed by atoms with Crippen LogP contribution < -0.4 is 0 Å². The van der Waals surface area contributed by atoms with Crippen LogP contribution >= 0.6 is 0 Å². The van der Waals surface area contributed by atoms with Crippen molar-refractivity contribution in [3.63, 3.8) is 0 Å². The maximum Gasteiger partial charge on any atom is 0.140 e. The molecule has 0 aromatic rings. The second-order valence-corrected chi connectivity index (χ2v) is 9.38. The minimum absolute atomic E-state index is 0.0533. The van der Waals surface area contributed by atoms with Gasteiger partial charge < -0.3 is 9.11 Å². The van der Waals surface area contributed by atoms with Gasteiger partial charge in [-0.05, 0) is 24.2 Å². The molecule has 16 heavy (non-hydrogen) atoms. The Morgan fingerprint density at radius 3 is 2.31 bits per heavy atom. The third-order valence-corrected chi connectivity index (χ3v) is 5.88. The average molecular weight is 248 g/mol. The summed E-state index contributed by atoms with van der Waals surface area (Å²) in [6.45, 7) is 3.96. The van der Waals surface area contributed by atoms with Gasteiger partial charge in [-0.15, -0.1) is 0 Å². The van der Waals surface area contributed by atoms with Crippen molar-refractivity contribution in [3.8, 4) is 0 Å². The van der Waals surface area contributed by atoms with Gasteiger partial charge in [0.25, 0.3) is 0 Å². The lowest BCUT2D eigenvalue weighted by molar-refractivity contribution is -0.128. The van der Waals surface area contributed by atoms with Gasteiger partial charge in [0, 0.05) is 18.1 Å². The highest BCUT2D eigenvalue weighted by Crippen LogP contribution is 2.65. The molecule has 2 N–H and O–H groups in total. The molecule has 0 heterocycles. The normalized spacial score (nSPS) is 39.7.